The number of hydrogen-bond donors (Lipinski definition) is 0. The first-order valence-corrected chi connectivity index (χ1v) is 11.4. The molecule has 1 aromatic carbocycles. The molecule has 0 bridgehead atoms. The van der Waals surface area contributed by atoms with E-state index in [0.717, 1.165) is 18.0 Å². The summed E-state index contributed by atoms with van der Waals surface area (Å²) in [4.78, 5) is 4.68. The molecule has 2 aromatic rings. The fourth-order valence-corrected chi connectivity index (χ4v) is 7.20. The molecular formula is C18H21N3O4S2. The van der Waals surface area contributed by atoms with E-state index in [1.54, 1.807) is 22.5 Å². The van der Waals surface area contributed by atoms with Crippen molar-refractivity contribution >= 4 is 21.8 Å². The Balaban J connectivity index is 1.27. The minimum absolute atomic E-state index is 0.141. The van der Waals surface area contributed by atoms with E-state index in [2.05, 4.69) is 4.98 Å². The molecular weight excluding hydrogens is 386 g/mol. The molecule has 1 saturated carbocycles. The lowest BCUT2D eigenvalue weighted by Crippen LogP contribution is -2.30. The first-order chi connectivity index (χ1) is 13.0. The standard InChI is InChI=1S/C18H21N3O4S2/c1-20-5-4-19-18(20)26-14-6-12-9-21(10-13(12)7-14)27(22,23)15-2-3-16-17(8-15)25-11-24-16/h2-5,8,12-14H,6-7,9-11H2,1H3/t12-,13-/m1/s1. The van der Waals surface area contributed by atoms with Gasteiger partial charge in [-0.3, -0.25) is 0 Å². The minimum Gasteiger partial charge on any atom is -0.454 e. The summed E-state index contributed by atoms with van der Waals surface area (Å²) in [6.07, 6.45) is 5.85. The van der Waals surface area contributed by atoms with Crippen LogP contribution in [0.15, 0.2) is 40.6 Å². The maximum atomic E-state index is 13.1. The van der Waals surface area contributed by atoms with Crippen molar-refractivity contribution in [3.8, 4) is 11.5 Å². The van der Waals surface area contributed by atoms with Gasteiger partial charge in [0.15, 0.2) is 16.7 Å². The molecule has 5 rings (SSSR count). The predicted octanol–water partition coefficient (Wildman–Crippen LogP) is 2.34. The monoisotopic (exact) mass is 407 g/mol. The molecule has 144 valence electrons. The van der Waals surface area contributed by atoms with Crippen molar-refractivity contribution in [2.45, 2.75) is 28.1 Å². The van der Waals surface area contributed by atoms with Crippen LogP contribution in [-0.4, -0.2) is 47.4 Å². The molecule has 3 aliphatic rings. The van der Waals surface area contributed by atoms with Crippen LogP contribution in [0.1, 0.15) is 12.8 Å². The van der Waals surface area contributed by atoms with E-state index in [0.29, 0.717) is 41.7 Å². The molecule has 2 fully saturated rings. The highest BCUT2D eigenvalue weighted by Gasteiger charge is 2.45. The number of rotatable bonds is 4. The maximum absolute atomic E-state index is 13.1. The van der Waals surface area contributed by atoms with E-state index in [-0.39, 0.29) is 11.7 Å². The van der Waals surface area contributed by atoms with Gasteiger partial charge < -0.3 is 14.0 Å². The Morgan fingerprint density at radius 1 is 1.15 bits per heavy atom. The zero-order valence-corrected chi connectivity index (χ0v) is 16.6. The number of fused-ring (bicyclic) bond motifs is 2. The molecule has 3 heterocycles. The van der Waals surface area contributed by atoms with Crippen molar-refractivity contribution in [3.63, 3.8) is 0 Å². The Kier molecular flexibility index (Phi) is 4.14. The van der Waals surface area contributed by atoms with Crippen LogP contribution in [0, 0.1) is 11.8 Å². The van der Waals surface area contributed by atoms with Gasteiger partial charge >= 0.3 is 0 Å². The lowest BCUT2D eigenvalue weighted by atomic mass is 10.0. The van der Waals surface area contributed by atoms with Gasteiger partial charge in [-0.25, -0.2) is 13.4 Å². The SMILES string of the molecule is Cn1ccnc1SC1C[C@@H]2CN(S(=O)(=O)c3ccc4c(c3)OCO4)C[C@H]2C1. The van der Waals surface area contributed by atoms with Gasteiger partial charge in [-0.2, -0.15) is 4.31 Å². The molecule has 0 N–H and O–H groups in total. The summed E-state index contributed by atoms with van der Waals surface area (Å²) < 4.78 is 40.4. The smallest absolute Gasteiger partial charge is 0.243 e. The van der Waals surface area contributed by atoms with Crippen molar-refractivity contribution in [2.75, 3.05) is 19.9 Å². The van der Waals surface area contributed by atoms with Gasteiger partial charge in [-0.15, -0.1) is 0 Å². The van der Waals surface area contributed by atoms with E-state index < -0.39 is 10.0 Å². The molecule has 1 aliphatic carbocycles. The summed E-state index contributed by atoms with van der Waals surface area (Å²) in [5.41, 5.74) is 0. The summed E-state index contributed by atoms with van der Waals surface area (Å²) in [6, 6.07) is 4.85. The maximum Gasteiger partial charge on any atom is 0.243 e. The Labute approximate surface area is 162 Å². The van der Waals surface area contributed by atoms with E-state index in [4.69, 9.17) is 9.47 Å². The highest BCUT2D eigenvalue weighted by molar-refractivity contribution is 7.99. The van der Waals surface area contributed by atoms with Crippen molar-refractivity contribution in [3.05, 3.63) is 30.6 Å². The third-order valence-electron chi connectivity index (χ3n) is 5.71. The number of aryl methyl sites for hydroxylation is 1. The molecule has 2 atom stereocenters. The molecule has 0 unspecified atom stereocenters. The van der Waals surface area contributed by atoms with Gasteiger partial charge in [0.2, 0.25) is 16.8 Å². The van der Waals surface area contributed by atoms with Crippen molar-refractivity contribution in [2.24, 2.45) is 18.9 Å². The number of ether oxygens (including phenoxy) is 2. The third kappa shape index (κ3) is 3.01. The molecule has 0 spiro atoms. The highest BCUT2D eigenvalue weighted by atomic mass is 32.2. The Morgan fingerprint density at radius 2 is 1.89 bits per heavy atom. The fourth-order valence-electron chi connectivity index (χ4n) is 4.29. The van der Waals surface area contributed by atoms with E-state index >= 15 is 0 Å². The van der Waals surface area contributed by atoms with Crippen molar-refractivity contribution in [1.82, 2.24) is 13.9 Å². The van der Waals surface area contributed by atoms with Crippen LogP contribution in [0.2, 0.25) is 0 Å². The van der Waals surface area contributed by atoms with Crippen LogP contribution in [0.3, 0.4) is 0 Å². The first-order valence-electron chi connectivity index (χ1n) is 9.04. The number of thioether (sulfide) groups is 1. The van der Waals surface area contributed by atoms with Crippen LogP contribution in [0.5, 0.6) is 11.5 Å². The number of hydrogen-bond acceptors (Lipinski definition) is 6. The molecule has 1 aromatic heterocycles. The molecule has 0 radical (unpaired) electrons. The van der Waals surface area contributed by atoms with Crippen LogP contribution in [-0.2, 0) is 17.1 Å². The van der Waals surface area contributed by atoms with Crippen LogP contribution >= 0.6 is 11.8 Å². The van der Waals surface area contributed by atoms with E-state index in [1.165, 1.54) is 0 Å². The lowest BCUT2D eigenvalue weighted by molar-refractivity contribution is 0.174. The van der Waals surface area contributed by atoms with Gasteiger partial charge in [0.1, 0.15) is 0 Å². The summed E-state index contributed by atoms with van der Waals surface area (Å²) >= 11 is 1.81. The molecule has 1 saturated heterocycles. The van der Waals surface area contributed by atoms with Gasteiger partial charge in [0.25, 0.3) is 0 Å². The minimum atomic E-state index is -3.50. The molecule has 27 heavy (non-hydrogen) atoms. The van der Waals surface area contributed by atoms with Crippen LogP contribution in [0.25, 0.3) is 0 Å². The van der Waals surface area contributed by atoms with Crippen LogP contribution < -0.4 is 9.47 Å². The second-order valence-electron chi connectivity index (χ2n) is 7.39. The van der Waals surface area contributed by atoms with Gasteiger partial charge in [0.05, 0.1) is 4.90 Å². The topological polar surface area (TPSA) is 73.7 Å². The molecule has 7 nitrogen and oxygen atoms in total. The van der Waals surface area contributed by atoms with Crippen molar-refractivity contribution in [1.29, 1.82) is 0 Å². The normalized spacial score (nSPS) is 25.2. The third-order valence-corrected chi connectivity index (χ3v) is 8.86. The molecule has 2 aliphatic heterocycles. The quantitative estimate of drug-likeness (QED) is 0.775. The Morgan fingerprint density at radius 3 is 2.59 bits per heavy atom. The Bertz CT molecular complexity index is 961. The van der Waals surface area contributed by atoms with E-state index in [9.17, 15) is 8.42 Å². The van der Waals surface area contributed by atoms with E-state index in [1.807, 2.05) is 35.8 Å². The summed E-state index contributed by atoms with van der Waals surface area (Å²) in [6.45, 7) is 1.33. The highest BCUT2D eigenvalue weighted by Crippen LogP contribution is 2.46. The first kappa shape index (κ1) is 17.4. The molecule has 9 heteroatoms. The largest absolute Gasteiger partial charge is 0.454 e. The van der Waals surface area contributed by atoms with Crippen LogP contribution in [0.4, 0.5) is 0 Å². The summed E-state index contributed by atoms with van der Waals surface area (Å²) in [7, 11) is -1.50. The lowest BCUT2D eigenvalue weighted by Gasteiger charge is -2.19. The van der Waals surface area contributed by atoms with Gasteiger partial charge in [-0.1, -0.05) is 11.8 Å². The zero-order chi connectivity index (χ0) is 18.6. The summed E-state index contributed by atoms with van der Waals surface area (Å²) in [5, 5.41) is 1.54. The van der Waals surface area contributed by atoms with Gasteiger partial charge in [-0.05, 0) is 36.8 Å². The number of nitrogens with zero attached hydrogens (tertiary/aromatic N) is 3. The number of imidazole rings is 1. The molecule has 0 amide bonds. The number of sulfonamides is 1. The van der Waals surface area contributed by atoms with Crippen molar-refractivity contribution < 1.29 is 17.9 Å². The number of aromatic nitrogens is 2. The average molecular weight is 408 g/mol. The fraction of sp³-hybridized carbons (Fsp3) is 0.500. The zero-order valence-electron chi connectivity index (χ0n) is 14.9. The second kappa shape index (κ2) is 6.42. The second-order valence-corrected chi connectivity index (χ2v) is 10.6. The number of benzene rings is 1. The predicted molar refractivity (Wildman–Crippen MR) is 100 cm³/mol. The summed E-state index contributed by atoms with van der Waals surface area (Å²) in [5.74, 6) is 1.95. The van der Waals surface area contributed by atoms with Gasteiger partial charge in [0, 0.05) is 43.8 Å². The average Bonchev–Trinajstić information content (AvgIpc) is 3.39. The Hall–Kier alpha value is -1.71.